The van der Waals surface area contributed by atoms with E-state index in [1.165, 1.54) is 10.5 Å². The van der Waals surface area contributed by atoms with Gasteiger partial charge in [0.05, 0.1) is 6.20 Å². The molecule has 2 rings (SSSR count). The number of halogens is 1. The standard InChI is InChI=1S/C9H15ClN4O4S3/c10-9-12-5-8(19-9)20(15,16)14-3-1-2-7(6-14)4-13-21(11,17)18/h5,7,13H,1-4,6H2,(H2,11,17,18). The van der Waals surface area contributed by atoms with Crippen LogP contribution in [0.3, 0.4) is 0 Å². The van der Waals surface area contributed by atoms with Crippen LogP contribution >= 0.6 is 22.9 Å². The van der Waals surface area contributed by atoms with Gasteiger partial charge in [0.1, 0.15) is 0 Å². The van der Waals surface area contributed by atoms with Crippen LogP contribution in [0.25, 0.3) is 0 Å². The molecule has 1 aliphatic heterocycles. The predicted molar refractivity (Wildman–Crippen MR) is 79.7 cm³/mol. The van der Waals surface area contributed by atoms with E-state index in [1.54, 1.807) is 0 Å². The van der Waals surface area contributed by atoms with Gasteiger partial charge < -0.3 is 0 Å². The van der Waals surface area contributed by atoms with Gasteiger partial charge in [-0.05, 0) is 18.8 Å². The number of piperidine rings is 1. The van der Waals surface area contributed by atoms with Crippen molar-refractivity contribution in [2.24, 2.45) is 11.1 Å². The molecule has 1 aliphatic rings. The summed E-state index contributed by atoms with van der Waals surface area (Å²) in [6, 6.07) is 0. The summed E-state index contributed by atoms with van der Waals surface area (Å²) in [5, 5.41) is 4.87. The molecule has 0 saturated carbocycles. The molecular weight excluding hydrogens is 360 g/mol. The second-order valence-electron chi connectivity index (χ2n) is 4.70. The van der Waals surface area contributed by atoms with Gasteiger partial charge in [-0.1, -0.05) is 22.9 Å². The highest BCUT2D eigenvalue weighted by Gasteiger charge is 2.31. The van der Waals surface area contributed by atoms with E-state index >= 15 is 0 Å². The molecular formula is C9H15ClN4O4S3. The number of thiazole rings is 1. The quantitative estimate of drug-likeness (QED) is 0.750. The molecule has 0 aliphatic carbocycles. The summed E-state index contributed by atoms with van der Waals surface area (Å²) in [4.78, 5) is 3.74. The first-order chi connectivity index (χ1) is 9.68. The third kappa shape index (κ3) is 4.58. The van der Waals surface area contributed by atoms with Crippen molar-refractivity contribution in [2.45, 2.75) is 17.1 Å². The molecule has 0 radical (unpaired) electrons. The molecule has 0 amide bonds. The first-order valence-corrected chi connectivity index (χ1v) is 10.3. The molecule has 2 heterocycles. The Kier molecular flexibility index (Phi) is 5.23. The monoisotopic (exact) mass is 374 g/mol. The Bertz CT molecular complexity index is 702. The van der Waals surface area contributed by atoms with Gasteiger partial charge in [-0.3, -0.25) is 0 Å². The molecule has 0 spiro atoms. The molecule has 120 valence electrons. The summed E-state index contributed by atoms with van der Waals surface area (Å²) < 4.78 is 50.4. The Morgan fingerprint density at radius 1 is 1.48 bits per heavy atom. The van der Waals surface area contributed by atoms with Crippen LogP contribution < -0.4 is 9.86 Å². The summed E-state index contributed by atoms with van der Waals surface area (Å²) in [6.45, 7) is 0.748. The van der Waals surface area contributed by atoms with Gasteiger partial charge in [-0.15, -0.1) is 0 Å². The number of nitrogens with zero attached hydrogens (tertiary/aromatic N) is 2. The van der Waals surface area contributed by atoms with Gasteiger partial charge >= 0.3 is 0 Å². The Labute approximate surface area is 132 Å². The molecule has 8 nitrogen and oxygen atoms in total. The van der Waals surface area contributed by atoms with Crippen LogP contribution in [0.4, 0.5) is 0 Å². The van der Waals surface area contributed by atoms with Crippen LogP contribution in [-0.4, -0.2) is 45.8 Å². The van der Waals surface area contributed by atoms with Crippen LogP contribution in [-0.2, 0) is 20.2 Å². The lowest BCUT2D eigenvalue weighted by Gasteiger charge is -2.31. The van der Waals surface area contributed by atoms with Crippen molar-refractivity contribution in [2.75, 3.05) is 19.6 Å². The van der Waals surface area contributed by atoms with Crippen molar-refractivity contribution in [3.63, 3.8) is 0 Å². The lowest BCUT2D eigenvalue weighted by atomic mass is 10.0. The minimum atomic E-state index is -3.77. The lowest BCUT2D eigenvalue weighted by Crippen LogP contribution is -2.44. The first-order valence-electron chi connectivity index (χ1n) is 6.07. The Morgan fingerprint density at radius 2 is 2.19 bits per heavy atom. The second kappa shape index (κ2) is 6.44. The Hall–Kier alpha value is -0.300. The van der Waals surface area contributed by atoms with Crippen molar-refractivity contribution in [1.82, 2.24) is 14.0 Å². The largest absolute Gasteiger partial charge is 0.274 e. The predicted octanol–water partition coefficient (Wildman–Crippen LogP) is -0.00970. The third-order valence-corrected chi connectivity index (χ3v) is 7.09. The average molecular weight is 375 g/mol. The third-order valence-electron chi connectivity index (χ3n) is 3.11. The van der Waals surface area contributed by atoms with E-state index in [1.807, 2.05) is 0 Å². The Balaban J connectivity index is 2.07. The molecule has 21 heavy (non-hydrogen) atoms. The van der Waals surface area contributed by atoms with Crippen molar-refractivity contribution >= 4 is 43.2 Å². The van der Waals surface area contributed by atoms with Gasteiger partial charge in [0, 0.05) is 19.6 Å². The zero-order chi connectivity index (χ0) is 15.7. The lowest BCUT2D eigenvalue weighted by molar-refractivity contribution is 0.267. The summed E-state index contributed by atoms with van der Waals surface area (Å²) in [5.41, 5.74) is 0. The fraction of sp³-hybridized carbons (Fsp3) is 0.667. The van der Waals surface area contributed by atoms with Gasteiger partial charge in [0.15, 0.2) is 8.68 Å². The number of aromatic nitrogens is 1. The maximum Gasteiger partial charge on any atom is 0.274 e. The SMILES string of the molecule is NS(=O)(=O)NCC1CCCN(S(=O)(=O)c2cnc(Cl)s2)C1. The van der Waals surface area contributed by atoms with Crippen LogP contribution in [0, 0.1) is 5.92 Å². The first kappa shape index (κ1) is 17.1. The van der Waals surface area contributed by atoms with Gasteiger partial charge in [0.2, 0.25) is 0 Å². The topological polar surface area (TPSA) is 122 Å². The summed E-state index contributed by atoms with van der Waals surface area (Å²) >= 11 is 6.57. The van der Waals surface area contributed by atoms with Crippen LogP contribution in [0.5, 0.6) is 0 Å². The summed E-state index contributed by atoms with van der Waals surface area (Å²) in [5.74, 6) is -0.116. The highest BCUT2D eigenvalue weighted by atomic mass is 35.5. The zero-order valence-corrected chi connectivity index (χ0v) is 14.1. The maximum atomic E-state index is 12.4. The number of rotatable bonds is 5. The number of sulfonamides is 1. The van der Waals surface area contributed by atoms with Gasteiger partial charge in [-0.2, -0.15) is 12.7 Å². The number of nitrogens with two attached hydrogens (primary N) is 1. The van der Waals surface area contributed by atoms with Crippen molar-refractivity contribution in [3.05, 3.63) is 10.7 Å². The molecule has 1 saturated heterocycles. The zero-order valence-electron chi connectivity index (χ0n) is 10.9. The van der Waals surface area contributed by atoms with E-state index in [0.717, 1.165) is 17.8 Å². The van der Waals surface area contributed by atoms with E-state index < -0.39 is 20.2 Å². The van der Waals surface area contributed by atoms with E-state index in [9.17, 15) is 16.8 Å². The number of hydrogen-bond donors (Lipinski definition) is 2. The van der Waals surface area contributed by atoms with Crippen molar-refractivity contribution in [3.8, 4) is 0 Å². The fourth-order valence-electron chi connectivity index (χ4n) is 2.13. The number of hydrogen-bond acceptors (Lipinski definition) is 6. The van der Waals surface area contributed by atoms with Crippen LogP contribution in [0.15, 0.2) is 10.4 Å². The normalized spacial score (nSPS) is 21.5. The molecule has 3 N–H and O–H groups in total. The maximum absolute atomic E-state index is 12.4. The second-order valence-corrected chi connectivity index (χ2v) is 9.85. The molecule has 12 heteroatoms. The highest BCUT2D eigenvalue weighted by Crippen LogP contribution is 2.28. The number of nitrogens with one attached hydrogen (secondary N) is 1. The fourth-order valence-corrected chi connectivity index (χ4v) is 5.60. The van der Waals surface area contributed by atoms with Crippen molar-refractivity contribution in [1.29, 1.82) is 0 Å². The van der Waals surface area contributed by atoms with Gasteiger partial charge in [0.25, 0.3) is 20.2 Å². The van der Waals surface area contributed by atoms with Crippen LogP contribution in [0.1, 0.15) is 12.8 Å². The van der Waals surface area contributed by atoms with Crippen molar-refractivity contribution < 1.29 is 16.8 Å². The minimum absolute atomic E-state index is 0.0903. The summed E-state index contributed by atoms with van der Waals surface area (Å²) in [6.07, 6.45) is 2.62. The van der Waals surface area contributed by atoms with Crippen LogP contribution in [0.2, 0.25) is 4.47 Å². The summed E-state index contributed by atoms with van der Waals surface area (Å²) in [7, 11) is -7.40. The Morgan fingerprint density at radius 3 is 2.76 bits per heavy atom. The molecule has 0 aromatic carbocycles. The molecule has 1 fully saturated rings. The average Bonchev–Trinajstić information content (AvgIpc) is 2.83. The van der Waals surface area contributed by atoms with E-state index in [-0.39, 0.29) is 27.7 Å². The molecule has 0 bridgehead atoms. The molecule has 1 unspecified atom stereocenters. The van der Waals surface area contributed by atoms with Gasteiger partial charge in [-0.25, -0.2) is 23.3 Å². The molecule has 1 atom stereocenters. The minimum Gasteiger partial charge on any atom is -0.232 e. The molecule has 1 aromatic rings. The highest BCUT2D eigenvalue weighted by molar-refractivity contribution is 7.91. The molecule has 1 aromatic heterocycles. The van der Waals surface area contributed by atoms with E-state index in [0.29, 0.717) is 13.0 Å². The smallest absolute Gasteiger partial charge is 0.232 e. The van der Waals surface area contributed by atoms with E-state index in [4.69, 9.17) is 16.7 Å². The van der Waals surface area contributed by atoms with E-state index in [2.05, 4.69) is 9.71 Å².